The number of aryl methyl sites for hydroxylation is 1. The molecule has 0 aliphatic heterocycles. The molecule has 0 fully saturated rings. The fourth-order valence-electron chi connectivity index (χ4n) is 4.10. The summed E-state index contributed by atoms with van der Waals surface area (Å²) >= 11 is 0. The van der Waals surface area contributed by atoms with Crippen molar-refractivity contribution in [1.29, 1.82) is 0 Å². The number of aromatic nitrogens is 4. The summed E-state index contributed by atoms with van der Waals surface area (Å²) in [7, 11) is 0. The van der Waals surface area contributed by atoms with Gasteiger partial charge in [0.2, 0.25) is 0 Å². The number of nitrogens with zero attached hydrogens (tertiary/aromatic N) is 3. The van der Waals surface area contributed by atoms with Crippen LogP contribution in [-0.4, -0.2) is 20.2 Å². The minimum Gasteiger partial charge on any atom is -0.455 e. The van der Waals surface area contributed by atoms with Crippen molar-refractivity contribution in [3.8, 4) is 22.7 Å². The van der Waals surface area contributed by atoms with Crippen LogP contribution in [0.3, 0.4) is 0 Å². The van der Waals surface area contributed by atoms with E-state index in [9.17, 15) is 4.79 Å². The number of benzene rings is 1. The maximum absolute atomic E-state index is 13.3. The molecule has 1 unspecified atom stereocenters. The third-order valence-corrected chi connectivity index (χ3v) is 5.72. The maximum atomic E-state index is 13.3. The summed E-state index contributed by atoms with van der Waals surface area (Å²) in [5, 5.41) is 11.1. The first-order valence-electron chi connectivity index (χ1n) is 10.7. The highest BCUT2D eigenvalue weighted by Crippen LogP contribution is 2.33. The van der Waals surface area contributed by atoms with E-state index in [0.29, 0.717) is 22.3 Å². The number of nitrogens with one attached hydrogen (secondary N) is 2. The molecule has 0 aliphatic carbocycles. The van der Waals surface area contributed by atoms with Gasteiger partial charge in [-0.2, -0.15) is 5.10 Å². The molecule has 7 nitrogen and oxygen atoms in total. The molecule has 0 saturated heterocycles. The lowest BCUT2D eigenvalue weighted by atomic mass is 9.99. The lowest BCUT2D eigenvalue weighted by molar-refractivity contribution is 0.605. The lowest BCUT2D eigenvalue weighted by Crippen LogP contribution is -2.13. The van der Waals surface area contributed by atoms with Crippen molar-refractivity contribution in [3.05, 3.63) is 94.2 Å². The van der Waals surface area contributed by atoms with Crippen LogP contribution in [-0.2, 0) is 0 Å². The third kappa shape index (κ3) is 3.78. The monoisotopic (exact) mass is 437 g/mol. The van der Waals surface area contributed by atoms with Gasteiger partial charge in [0.05, 0.1) is 22.8 Å². The van der Waals surface area contributed by atoms with Crippen LogP contribution in [0.2, 0.25) is 0 Å². The number of rotatable bonds is 5. The summed E-state index contributed by atoms with van der Waals surface area (Å²) < 4.78 is 6.40. The van der Waals surface area contributed by atoms with Crippen LogP contribution >= 0.6 is 0 Å². The molecule has 0 saturated carbocycles. The Hall–Kier alpha value is -4.26. The van der Waals surface area contributed by atoms with E-state index in [0.717, 1.165) is 33.8 Å². The van der Waals surface area contributed by atoms with Gasteiger partial charge in [0.1, 0.15) is 17.0 Å². The summed E-state index contributed by atoms with van der Waals surface area (Å²) in [6.07, 6.45) is 6.85. The number of aromatic amines is 1. The molecular weight excluding hydrogens is 414 g/mol. The van der Waals surface area contributed by atoms with Crippen LogP contribution in [0.1, 0.15) is 29.7 Å². The molecule has 0 spiro atoms. The van der Waals surface area contributed by atoms with E-state index in [4.69, 9.17) is 4.42 Å². The fraction of sp³-hybridized carbons (Fsp3) is 0.154. The van der Waals surface area contributed by atoms with E-state index >= 15 is 0 Å². The molecule has 4 aromatic heterocycles. The molecule has 2 N–H and O–H groups in total. The highest BCUT2D eigenvalue weighted by molar-refractivity contribution is 5.85. The van der Waals surface area contributed by atoms with E-state index in [1.54, 1.807) is 31.7 Å². The fourth-order valence-corrected chi connectivity index (χ4v) is 4.10. The third-order valence-electron chi connectivity index (χ3n) is 5.72. The Morgan fingerprint density at radius 2 is 1.91 bits per heavy atom. The standard InChI is InChI=1S/C26H23N5O2/c1-15-12-19(17(3)30-21-7-5-10-28-23(21)22-8-11-29-31-22)26-20(13-15)24(32)16(2)25(33-26)18-6-4-9-27-14-18/h4-14,17,30H,1-3H3,(H,29,31). The minimum absolute atomic E-state index is 0.0354. The quantitative estimate of drug-likeness (QED) is 0.381. The molecule has 164 valence electrons. The van der Waals surface area contributed by atoms with Gasteiger partial charge in [0.15, 0.2) is 5.43 Å². The van der Waals surface area contributed by atoms with Gasteiger partial charge >= 0.3 is 0 Å². The Labute approximate surface area is 190 Å². The SMILES string of the molecule is Cc1cc(C(C)Nc2cccnc2-c2ccn[nH]2)c2oc(-c3cccnc3)c(C)c(=O)c2c1. The summed E-state index contributed by atoms with van der Waals surface area (Å²) in [4.78, 5) is 22.0. The highest BCUT2D eigenvalue weighted by Gasteiger charge is 2.20. The van der Waals surface area contributed by atoms with Gasteiger partial charge in [0, 0.05) is 41.5 Å². The first-order valence-corrected chi connectivity index (χ1v) is 10.7. The minimum atomic E-state index is -0.161. The van der Waals surface area contributed by atoms with Gasteiger partial charge < -0.3 is 9.73 Å². The van der Waals surface area contributed by atoms with Crippen molar-refractivity contribution in [2.45, 2.75) is 26.8 Å². The van der Waals surface area contributed by atoms with E-state index in [-0.39, 0.29) is 11.5 Å². The predicted octanol–water partition coefficient (Wildman–Crippen LogP) is 5.43. The molecule has 1 aromatic carbocycles. The number of hydrogen-bond acceptors (Lipinski definition) is 6. The van der Waals surface area contributed by atoms with Crippen molar-refractivity contribution in [1.82, 2.24) is 20.2 Å². The zero-order chi connectivity index (χ0) is 22.9. The van der Waals surface area contributed by atoms with Crippen molar-refractivity contribution >= 4 is 16.7 Å². The summed E-state index contributed by atoms with van der Waals surface area (Å²) in [6, 6.07) is 13.2. The van der Waals surface area contributed by atoms with Crippen molar-refractivity contribution in [3.63, 3.8) is 0 Å². The van der Waals surface area contributed by atoms with Gasteiger partial charge in [-0.05, 0) is 62.7 Å². The smallest absolute Gasteiger partial charge is 0.196 e. The molecule has 0 radical (unpaired) electrons. The molecule has 5 aromatic rings. The number of fused-ring (bicyclic) bond motifs is 1. The molecular formula is C26H23N5O2. The average Bonchev–Trinajstić information content (AvgIpc) is 3.37. The molecule has 7 heteroatoms. The van der Waals surface area contributed by atoms with Gasteiger partial charge in [0.25, 0.3) is 0 Å². The highest BCUT2D eigenvalue weighted by atomic mass is 16.3. The van der Waals surface area contributed by atoms with Crippen molar-refractivity contribution in [2.75, 3.05) is 5.32 Å². The number of pyridine rings is 2. The molecule has 33 heavy (non-hydrogen) atoms. The van der Waals surface area contributed by atoms with Gasteiger partial charge in [-0.25, -0.2) is 0 Å². The molecule has 1 atom stereocenters. The van der Waals surface area contributed by atoms with E-state index in [1.165, 1.54) is 0 Å². The van der Waals surface area contributed by atoms with Crippen molar-refractivity contribution < 1.29 is 4.42 Å². The first kappa shape index (κ1) is 20.6. The topological polar surface area (TPSA) is 96.7 Å². The van der Waals surface area contributed by atoms with Crippen LogP contribution in [0.25, 0.3) is 33.7 Å². The Morgan fingerprint density at radius 1 is 1.06 bits per heavy atom. The Bertz CT molecular complexity index is 1490. The lowest BCUT2D eigenvalue weighted by Gasteiger charge is -2.20. The van der Waals surface area contributed by atoms with Crippen LogP contribution in [0.15, 0.2) is 76.5 Å². The Morgan fingerprint density at radius 3 is 2.67 bits per heavy atom. The summed E-state index contributed by atoms with van der Waals surface area (Å²) in [5.41, 5.74) is 6.21. The normalized spacial score (nSPS) is 12.1. The van der Waals surface area contributed by atoms with Crippen molar-refractivity contribution in [2.24, 2.45) is 0 Å². The largest absolute Gasteiger partial charge is 0.455 e. The van der Waals surface area contributed by atoms with Crippen LogP contribution in [0, 0.1) is 13.8 Å². The number of anilines is 1. The zero-order valence-electron chi connectivity index (χ0n) is 18.6. The molecule has 0 bridgehead atoms. The van der Waals surface area contributed by atoms with Crippen LogP contribution in [0.5, 0.6) is 0 Å². The molecule has 5 rings (SSSR count). The second-order valence-electron chi connectivity index (χ2n) is 8.09. The van der Waals surface area contributed by atoms with Gasteiger partial charge in [-0.15, -0.1) is 0 Å². The molecule has 0 amide bonds. The first-order chi connectivity index (χ1) is 16.0. The van der Waals surface area contributed by atoms with Crippen LogP contribution < -0.4 is 10.7 Å². The molecule has 4 heterocycles. The second-order valence-corrected chi connectivity index (χ2v) is 8.09. The zero-order valence-corrected chi connectivity index (χ0v) is 18.6. The summed E-state index contributed by atoms with van der Waals surface area (Å²) in [5.74, 6) is 0.539. The molecule has 0 aliphatic rings. The average molecular weight is 438 g/mol. The second kappa shape index (κ2) is 8.35. The van der Waals surface area contributed by atoms with E-state index in [1.807, 2.05) is 50.2 Å². The van der Waals surface area contributed by atoms with Gasteiger partial charge in [-0.3, -0.25) is 19.9 Å². The van der Waals surface area contributed by atoms with E-state index in [2.05, 4.69) is 31.5 Å². The van der Waals surface area contributed by atoms with E-state index < -0.39 is 0 Å². The summed E-state index contributed by atoms with van der Waals surface area (Å²) in [6.45, 7) is 5.82. The van der Waals surface area contributed by atoms with Gasteiger partial charge in [-0.1, -0.05) is 6.07 Å². The number of hydrogen-bond donors (Lipinski definition) is 2. The Balaban J connectivity index is 1.64. The predicted molar refractivity (Wildman–Crippen MR) is 129 cm³/mol. The van der Waals surface area contributed by atoms with Crippen LogP contribution in [0.4, 0.5) is 5.69 Å². The number of H-pyrrole nitrogens is 1. The maximum Gasteiger partial charge on any atom is 0.196 e. The Kier molecular flexibility index (Phi) is 5.22.